The molecule has 2 N–H and O–H groups in total. The topological polar surface area (TPSA) is 74.9 Å². The first kappa shape index (κ1) is 31.1. The van der Waals surface area contributed by atoms with Gasteiger partial charge < -0.3 is 15.1 Å². The van der Waals surface area contributed by atoms with Crippen LogP contribution in [0.5, 0.6) is 0 Å². The van der Waals surface area contributed by atoms with E-state index in [0.29, 0.717) is 6.42 Å². The molecule has 1 atom stereocenters. The number of hydrogen-bond donors (Lipinski definition) is 2. The SMILES string of the molecule is C=C(C)/C(=N\N(C)c1ccccc1CC(C)O)c1ccccc1N(C)Cc1ccc(N2C=C=CC=N2)cc1C.CO. The van der Waals surface area contributed by atoms with Crippen LogP contribution in [0, 0.1) is 6.92 Å². The molecule has 7 nitrogen and oxygen atoms in total. The zero-order valence-electron chi connectivity index (χ0n) is 24.9. The maximum absolute atomic E-state index is 9.99. The van der Waals surface area contributed by atoms with Crippen molar-refractivity contribution < 1.29 is 10.2 Å². The molecule has 0 saturated heterocycles. The second-order valence-electron chi connectivity index (χ2n) is 9.99. The predicted molar refractivity (Wildman–Crippen MR) is 173 cm³/mol. The molecule has 1 aliphatic heterocycles. The van der Waals surface area contributed by atoms with E-state index in [1.165, 1.54) is 11.1 Å². The molecule has 214 valence electrons. The molecule has 0 amide bonds. The Bertz CT molecular complexity index is 1470. The van der Waals surface area contributed by atoms with Crippen molar-refractivity contribution in [2.24, 2.45) is 10.2 Å². The van der Waals surface area contributed by atoms with Gasteiger partial charge in [-0.25, -0.2) is 5.01 Å². The summed E-state index contributed by atoms with van der Waals surface area (Å²) in [5.74, 6) is 0. The lowest BCUT2D eigenvalue weighted by Crippen LogP contribution is -2.22. The van der Waals surface area contributed by atoms with Gasteiger partial charge in [0.1, 0.15) is 0 Å². The first-order valence-electron chi connectivity index (χ1n) is 13.6. The third-order valence-electron chi connectivity index (χ3n) is 6.64. The number of para-hydroxylation sites is 2. The van der Waals surface area contributed by atoms with E-state index in [1.54, 1.807) is 19.2 Å². The number of hydrogen-bond acceptors (Lipinski definition) is 7. The maximum Gasteiger partial charge on any atom is 0.0952 e. The fourth-order valence-corrected chi connectivity index (χ4v) is 4.67. The molecule has 7 heteroatoms. The minimum Gasteiger partial charge on any atom is -0.400 e. The number of anilines is 3. The first-order valence-corrected chi connectivity index (χ1v) is 13.6. The Morgan fingerprint density at radius 2 is 1.71 bits per heavy atom. The van der Waals surface area contributed by atoms with Gasteiger partial charge in [0.25, 0.3) is 0 Å². The van der Waals surface area contributed by atoms with Crippen molar-refractivity contribution in [3.8, 4) is 0 Å². The first-order chi connectivity index (χ1) is 19.7. The van der Waals surface area contributed by atoms with Crippen LogP contribution in [0.1, 0.15) is 36.1 Å². The normalized spacial score (nSPS) is 13.0. The number of benzene rings is 3. The molecule has 0 bridgehead atoms. The summed E-state index contributed by atoms with van der Waals surface area (Å²) in [4.78, 5) is 2.25. The molecule has 4 rings (SSSR count). The van der Waals surface area contributed by atoms with E-state index in [-0.39, 0.29) is 0 Å². The highest BCUT2D eigenvalue weighted by Gasteiger charge is 2.17. The Hall–Kier alpha value is -4.42. The summed E-state index contributed by atoms with van der Waals surface area (Å²) >= 11 is 0. The summed E-state index contributed by atoms with van der Waals surface area (Å²) < 4.78 is 0. The lowest BCUT2D eigenvalue weighted by Gasteiger charge is -2.26. The minimum absolute atomic E-state index is 0.433. The molecule has 0 fully saturated rings. The molecule has 0 saturated carbocycles. The van der Waals surface area contributed by atoms with Crippen molar-refractivity contribution in [2.75, 3.05) is 36.1 Å². The van der Waals surface area contributed by atoms with E-state index in [9.17, 15) is 5.11 Å². The Morgan fingerprint density at radius 3 is 2.34 bits per heavy atom. The molecule has 3 aromatic carbocycles. The average Bonchev–Trinajstić information content (AvgIpc) is 2.98. The number of aryl methyl sites for hydroxylation is 1. The summed E-state index contributed by atoms with van der Waals surface area (Å²) in [6.45, 7) is 10.9. The van der Waals surface area contributed by atoms with Crippen molar-refractivity contribution in [1.82, 2.24) is 0 Å². The van der Waals surface area contributed by atoms with E-state index in [2.05, 4.69) is 72.7 Å². The number of hydrazone groups is 2. The van der Waals surface area contributed by atoms with Crippen LogP contribution in [0.25, 0.3) is 0 Å². The second kappa shape index (κ2) is 14.8. The summed E-state index contributed by atoms with van der Waals surface area (Å²) in [6, 6.07) is 22.8. The molecule has 3 aromatic rings. The van der Waals surface area contributed by atoms with Gasteiger partial charge in [0.2, 0.25) is 0 Å². The number of allylic oxidation sites excluding steroid dienone is 2. The predicted octanol–water partition coefficient (Wildman–Crippen LogP) is 6.05. The molecular weight excluding hydrogens is 510 g/mol. The summed E-state index contributed by atoms with van der Waals surface area (Å²) in [5, 5.41) is 30.1. The van der Waals surface area contributed by atoms with Crippen LogP contribution >= 0.6 is 0 Å². The minimum atomic E-state index is -0.433. The number of aliphatic hydroxyl groups excluding tert-OH is 2. The molecular formula is C34H41N5O2. The van der Waals surface area contributed by atoms with Crippen LogP contribution in [0.15, 0.2) is 107 Å². The third-order valence-corrected chi connectivity index (χ3v) is 6.64. The highest BCUT2D eigenvalue weighted by molar-refractivity contribution is 6.15. The number of nitrogens with zero attached hydrogens (tertiary/aromatic N) is 5. The van der Waals surface area contributed by atoms with Crippen LogP contribution in [-0.4, -0.2) is 49.4 Å². The second-order valence-corrected chi connectivity index (χ2v) is 9.99. The highest BCUT2D eigenvalue weighted by Crippen LogP contribution is 2.28. The van der Waals surface area contributed by atoms with Gasteiger partial charge in [-0.1, -0.05) is 54.8 Å². The average molecular weight is 552 g/mol. The Kier molecular flexibility index (Phi) is 11.2. The third kappa shape index (κ3) is 8.05. The van der Waals surface area contributed by atoms with E-state index in [1.807, 2.05) is 60.5 Å². The molecule has 0 spiro atoms. The van der Waals surface area contributed by atoms with Gasteiger partial charge in [-0.15, -0.1) is 0 Å². The van der Waals surface area contributed by atoms with Gasteiger partial charge in [0.05, 0.1) is 35.6 Å². The molecule has 0 radical (unpaired) electrons. The largest absolute Gasteiger partial charge is 0.400 e. The summed E-state index contributed by atoms with van der Waals surface area (Å²) in [7, 11) is 5.05. The van der Waals surface area contributed by atoms with E-state index >= 15 is 0 Å². The zero-order chi connectivity index (χ0) is 29.9. The van der Waals surface area contributed by atoms with Gasteiger partial charge in [-0.2, -0.15) is 10.2 Å². The lowest BCUT2D eigenvalue weighted by molar-refractivity contribution is 0.195. The van der Waals surface area contributed by atoms with Crippen molar-refractivity contribution in [3.05, 3.63) is 119 Å². The molecule has 1 aliphatic rings. The zero-order valence-corrected chi connectivity index (χ0v) is 24.9. The lowest BCUT2D eigenvalue weighted by atomic mass is 10.0. The van der Waals surface area contributed by atoms with Gasteiger partial charge in [0, 0.05) is 51.5 Å². The van der Waals surface area contributed by atoms with Gasteiger partial charge in [-0.05, 0) is 67.3 Å². The molecule has 1 heterocycles. The van der Waals surface area contributed by atoms with Gasteiger partial charge >= 0.3 is 0 Å². The van der Waals surface area contributed by atoms with Gasteiger partial charge in [0.15, 0.2) is 0 Å². The smallest absolute Gasteiger partial charge is 0.0952 e. The van der Waals surface area contributed by atoms with Crippen molar-refractivity contribution in [1.29, 1.82) is 0 Å². The number of aliphatic hydroxyl groups is 2. The maximum atomic E-state index is 9.99. The highest BCUT2D eigenvalue weighted by atomic mass is 16.3. The Balaban J connectivity index is 0.00000226. The van der Waals surface area contributed by atoms with Crippen LogP contribution in [0.4, 0.5) is 17.1 Å². The quantitative estimate of drug-likeness (QED) is 0.182. The van der Waals surface area contributed by atoms with Crippen LogP contribution in [0.3, 0.4) is 0 Å². The molecule has 0 aromatic heterocycles. The Labute approximate surface area is 244 Å². The molecule has 0 aliphatic carbocycles. The van der Waals surface area contributed by atoms with Crippen LogP contribution < -0.4 is 14.9 Å². The van der Waals surface area contributed by atoms with Gasteiger partial charge in [-0.3, -0.25) is 5.01 Å². The van der Waals surface area contributed by atoms with Crippen molar-refractivity contribution in [2.45, 2.75) is 39.8 Å². The van der Waals surface area contributed by atoms with E-state index in [4.69, 9.17) is 10.2 Å². The summed E-state index contributed by atoms with van der Waals surface area (Å²) in [6.07, 6.45) is 5.48. The Morgan fingerprint density at radius 1 is 1.02 bits per heavy atom. The number of rotatable bonds is 10. The van der Waals surface area contributed by atoms with Crippen molar-refractivity contribution in [3.63, 3.8) is 0 Å². The summed E-state index contributed by atoms with van der Waals surface area (Å²) in [5.41, 5.74) is 12.3. The fourth-order valence-electron chi connectivity index (χ4n) is 4.67. The standard InChI is InChI=1S/C33H37N5O.CH4O/c1-24(2)33(35-37(6)31-15-9-7-13-27(31)22-26(4)39)30-14-8-10-16-32(30)36(5)23-28-17-18-29(21-25(28)3)38-20-12-11-19-34-38;1-2/h7-11,13-21,26,39H,1,22-23H2,2-6H3;2H,1H3/b35-33+;. The van der Waals surface area contributed by atoms with Crippen LogP contribution in [-0.2, 0) is 13.0 Å². The fraction of sp³-hybridized carbons (Fsp3) is 0.265. The van der Waals surface area contributed by atoms with Crippen LogP contribution in [0.2, 0.25) is 0 Å². The van der Waals surface area contributed by atoms with E-state index < -0.39 is 6.10 Å². The molecule has 1 unspecified atom stereocenters. The van der Waals surface area contributed by atoms with Crippen molar-refractivity contribution >= 4 is 29.0 Å². The molecule has 41 heavy (non-hydrogen) atoms. The monoisotopic (exact) mass is 551 g/mol. The van der Waals surface area contributed by atoms with E-state index in [0.717, 1.165) is 53.1 Å².